The third-order valence-corrected chi connectivity index (χ3v) is 8.60. The monoisotopic (exact) mass is 729 g/mol. The zero-order valence-corrected chi connectivity index (χ0v) is 34.9. The number of rotatable bonds is 11. The fourth-order valence-corrected chi connectivity index (χ4v) is 5.47. The quantitative estimate of drug-likeness (QED) is 0.111. The number of para-hydroxylation sites is 1. The zero-order valence-electron chi connectivity index (χ0n) is 34.9. The van der Waals surface area contributed by atoms with Gasteiger partial charge in [-0.05, 0) is 58.0 Å². The number of carbonyl (C=O) groups excluding carboxylic acids is 2. The van der Waals surface area contributed by atoms with Crippen molar-refractivity contribution in [2.45, 2.75) is 131 Å². The third kappa shape index (κ3) is 14.9. The van der Waals surface area contributed by atoms with Crippen molar-refractivity contribution in [3.8, 4) is 5.75 Å². The lowest BCUT2D eigenvalue weighted by molar-refractivity contribution is -0.522. The van der Waals surface area contributed by atoms with E-state index in [9.17, 15) is 14.7 Å². The van der Waals surface area contributed by atoms with Gasteiger partial charge in [-0.25, -0.2) is 0 Å². The van der Waals surface area contributed by atoms with Crippen molar-refractivity contribution in [1.29, 1.82) is 0 Å². The van der Waals surface area contributed by atoms with Gasteiger partial charge in [-0.3, -0.25) is 30.2 Å². The number of fused-ring (bicyclic) bond motifs is 1. The van der Waals surface area contributed by atoms with Crippen LogP contribution in [0.2, 0.25) is 0 Å². The topological polar surface area (TPSA) is 155 Å². The molecule has 0 bridgehead atoms. The summed E-state index contributed by atoms with van der Waals surface area (Å²) >= 11 is 0. The maximum atomic E-state index is 13.4. The van der Waals surface area contributed by atoms with Crippen LogP contribution in [0.15, 0.2) is 59.9 Å². The number of likely N-dealkylation sites (N-methyl/N-ethyl adjacent to an activating group) is 2. The summed E-state index contributed by atoms with van der Waals surface area (Å²) in [7, 11) is 3.51. The number of aliphatic hydroxyl groups is 1. The molecule has 52 heavy (non-hydrogen) atoms. The number of likely N-dealkylation sites (tertiary alicyclic amines) is 1. The number of amidine groups is 1. The van der Waals surface area contributed by atoms with Gasteiger partial charge in [0, 0.05) is 31.8 Å². The normalized spacial score (nSPS) is 21.0. The third-order valence-electron chi connectivity index (χ3n) is 8.60. The first-order valence-corrected chi connectivity index (χ1v) is 18.9. The molecule has 11 heteroatoms. The summed E-state index contributed by atoms with van der Waals surface area (Å²) in [6, 6.07) is 5.11. The molecule has 2 aliphatic heterocycles. The Balaban J connectivity index is 0. The van der Waals surface area contributed by atoms with Crippen LogP contribution in [0.25, 0.3) is 0 Å². The van der Waals surface area contributed by atoms with Crippen LogP contribution in [0.1, 0.15) is 118 Å². The van der Waals surface area contributed by atoms with E-state index >= 15 is 0 Å². The van der Waals surface area contributed by atoms with E-state index in [0.717, 1.165) is 12.0 Å². The van der Waals surface area contributed by atoms with Crippen molar-refractivity contribution in [3.63, 3.8) is 0 Å². The number of nitrogens with two attached hydrogens (primary N) is 1. The molecule has 0 radical (unpaired) electrons. The summed E-state index contributed by atoms with van der Waals surface area (Å²) in [4.78, 5) is 33.4. The van der Waals surface area contributed by atoms with Crippen LogP contribution in [0, 0.1) is 0 Å². The Labute approximate surface area is 316 Å². The van der Waals surface area contributed by atoms with E-state index in [-0.39, 0.29) is 29.0 Å². The summed E-state index contributed by atoms with van der Waals surface area (Å²) in [5.74, 6) is 0.829. The number of benzene rings is 1. The molecule has 296 valence electrons. The highest BCUT2D eigenvalue weighted by atomic mass is 16.5. The summed E-state index contributed by atoms with van der Waals surface area (Å²) < 4.78 is 5.94. The van der Waals surface area contributed by atoms with Crippen molar-refractivity contribution in [3.05, 3.63) is 66.0 Å². The molecular formula is C41H74N7O4+. The molecule has 0 aromatic heterocycles. The van der Waals surface area contributed by atoms with Crippen molar-refractivity contribution in [2.75, 3.05) is 33.8 Å². The minimum Gasteiger partial charge on any atom is -0.492 e. The SMILES string of the molecule is C/C=C\NCC([NH+]=C(N)CC)C1(C)[C@H](O)[C@H](NC(=O)c2cccc3c2OCCC3(C)C)CN1C.C=C(N=C/C=C\C)C(=O)NC.CC.CC.CCC. The van der Waals surface area contributed by atoms with Crippen LogP contribution in [0.3, 0.4) is 0 Å². The second-order valence-corrected chi connectivity index (χ2v) is 12.8. The first-order chi connectivity index (χ1) is 24.7. The fraction of sp³-hybridized carbons (Fsp3) is 0.610. The molecule has 1 aromatic carbocycles. The van der Waals surface area contributed by atoms with Gasteiger partial charge >= 0.3 is 0 Å². The van der Waals surface area contributed by atoms with E-state index in [1.54, 1.807) is 19.2 Å². The van der Waals surface area contributed by atoms with E-state index in [2.05, 4.69) is 65.1 Å². The number of carbonyl (C=O) groups is 2. The predicted octanol–water partition coefficient (Wildman–Crippen LogP) is 4.61. The largest absolute Gasteiger partial charge is 0.492 e. The Hall–Kier alpha value is -3.96. The summed E-state index contributed by atoms with van der Waals surface area (Å²) in [6.07, 6.45) is 10.9. The molecule has 1 saturated heterocycles. The highest BCUT2D eigenvalue weighted by Gasteiger charge is 2.54. The van der Waals surface area contributed by atoms with Gasteiger partial charge in [0.15, 0.2) is 0 Å². The number of allylic oxidation sites excluding steroid dienone is 3. The van der Waals surface area contributed by atoms with Crippen LogP contribution < -0.4 is 31.4 Å². The number of amides is 2. The molecule has 2 heterocycles. The minimum absolute atomic E-state index is 0.0515. The Morgan fingerprint density at radius 2 is 1.77 bits per heavy atom. The number of hydrogen-bond acceptors (Lipinski definition) is 7. The molecule has 0 spiro atoms. The minimum atomic E-state index is -0.812. The van der Waals surface area contributed by atoms with E-state index in [1.165, 1.54) is 12.6 Å². The Morgan fingerprint density at radius 1 is 1.15 bits per heavy atom. The zero-order chi connectivity index (χ0) is 40.5. The van der Waals surface area contributed by atoms with Gasteiger partial charge in [0.2, 0.25) is 5.84 Å². The van der Waals surface area contributed by atoms with Crippen molar-refractivity contribution >= 4 is 23.9 Å². The molecule has 1 fully saturated rings. The van der Waals surface area contributed by atoms with Gasteiger partial charge in [0.1, 0.15) is 17.5 Å². The molecule has 2 amide bonds. The number of nitrogens with one attached hydrogen (secondary N) is 4. The van der Waals surface area contributed by atoms with E-state index in [4.69, 9.17) is 10.5 Å². The van der Waals surface area contributed by atoms with Crippen LogP contribution in [0.4, 0.5) is 0 Å². The molecule has 1 aromatic rings. The molecule has 4 atom stereocenters. The van der Waals surface area contributed by atoms with Gasteiger partial charge in [-0.1, -0.05) is 99.6 Å². The van der Waals surface area contributed by atoms with Crippen LogP contribution in [-0.2, 0) is 10.2 Å². The maximum absolute atomic E-state index is 13.4. The van der Waals surface area contributed by atoms with Crippen LogP contribution in [0.5, 0.6) is 5.75 Å². The van der Waals surface area contributed by atoms with E-state index < -0.39 is 17.7 Å². The Morgan fingerprint density at radius 3 is 2.31 bits per heavy atom. The number of hydrogen-bond donors (Lipinski definition) is 6. The molecule has 11 nitrogen and oxygen atoms in total. The summed E-state index contributed by atoms with van der Waals surface area (Å²) in [5.41, 5.74) is 7.21. The van der Waals surface area contributed by atoms with Crippen LogP contribution in [-0.4, -0.2) is 91.4 Å². The molecule has 3 rings (SSSR count). The molecule has 7 N–H and O–H groups in total. The Kier molecular flexibility index (Phi) is 25.8. The molecule has 2 unspecified atom stereocenters. The lowest BCUT2D eigenvalue weighted by Gasteiger charge is -2.39. The van der Waals surface area contributed by atoms with Gasteiger partial charge in [0.25, 0.3) is 11.8 Å². The van der Waals surface area contributed by atoms with Crippen LogP contribution >= 0.6 is 0 Å². The van der Waals surface area contributed by atoms with Crippen molar-refractivity contribution in [1.82, 2.24) is 20.9 Å². The average Bonchev–Trinajstić information content (AvgIpc) is 3.36. The van der Waals surface area contributed by atoms with Crippen molar-refractivity contribution < 1.29 is 24.4 Å². The van der Waals surface area contributed by atoms with Crippen molar-refractivity contribution in [2.24, 2.45) is 10.7 Å². The highest BCUT2D eigenvalue weighted by molar-refractivity contribution is 5.98. The van der Waals surface area contributed by atoms with Gasteiger partial charge in [-0.15, -0.1) is 0 Å². The van der Waals surface area contributed by atoms with Gasteiger partial charge in [-0.2, -0.15) is 0 Å². The van der Waals surface area contributed by atoms with Gasteiger partial charge in [0.05, 0.1) is 36.4 Å². The molecule has 2 aliphatic rings. The number of aliphatic hydroxyl groups excluding tert-OH is 1. The number of aliphatic imine (C=N–C) groups is 1. The fourth-order valence-electron chi connectivity index (χ4n) is 5.47. The second-order valence-electron chi connectivity index (χ2n) is 12.8. The average molecular weight is 729 g/mol. The highest BCUT2D eigenvalue weighted by Crippen LogP contribution is 2.40. The lowest BCUT2D eigenvalue weighted by atomic mass is 9.79. The predicted molar refractivity (Wildman–Crippen MR) is 220 cm³/mol. The van der Waals surface area contributed by atoms with E-state index in [1.807, 2.05) is 92.9 Å². The summed E-state index contributed by atoms with van der Waals surface area (Å²) in [6.45, 7) is 29.5. The van der Waals surface area contributed by atoms with E-state index in [0.29, 0.717) is 43.3 Å². The maximum Gasteiger partial charge on any atom is 0.268 e. The second kappa shape index (κ2) is 26.8. The smallest absolute Gasteiger partial charge is 0.268 e. The standard InChI is InChI=1S/C26H41N5O3.C8H12N2O.C3H8.2C2H6/c1-7-13-28-15-20(30-21(27)8-2)26(5)23(32)19(16-31(26)6)29-24(33)17-10-9-11-18-22(17)34-14-12-25(18,3)4;1-4-5-6-10-7(2)8(11)9-3;1-3-2;2*1-2/h7,9-11,13,19-20,23,28,32H,8,12,14-16H2,1-6H3,(H2,27,30)(H,29,33);4-6H,2H2,1,3H3,(H,9,11);3H2,1-2H3;2*1-2H3/p+1/b13-7-;5-4-,10-6?;;;/t19-,20?,23-,26?;;;;/m1..../s1. The lowest BCUT2D eigenvalue weighted by Crippen LogP contribution is -2.90. The number of nitrogens with zero attached hydrogens (tertiary/aromatic N) is 2. The van der Waals surface area contributed by atoms with Gasteiger partial charge < -0.3 is 25.8 Å². The first kappa shape index (κ1) is 50.1. The molecular weight excluding hydrogens is 654 g/mol. The first-order valence-electron chi connectivity index (χ1n) is 18.9. The Bertz CT molecular complexity index is 1320. The molecule has 0 saturated carbocycles. The molecule has 0 aliphatic carbocycles. The summed E-state index contributed by atoms with van der Waals surface area (Å²) in [5, 5.41) is 20.3. The number of ether oxygens (including phenoxy) is 1.